The molecule has 5 nitrogen and oxygen atoms in total. The number of carbonyl (C=O) groups is 2. The summed E-state index contributed by atoms with van der Waals surface area (Å²) in [6, 6.07) is 13.7. The summed E-state index contributed by atoms with van der Waals surface area (Å²) in [7, 11) is 0. The van der Waals surface area contributed by atoms with Crippen LogP contribution in [0.4, 0.5) is 15.8 Å². The second-order valence-electron chi connectivity index (χ2n) is 6.65. The number of carbonyl (C=O) groups excluding carboxylic acids is 2. The van der Waals surface area contributed by atoms with E-state index in [1.165, 1.54) is 54.6 Å². The first-order chi connectivity index (χ1) is 13.6. The topological polar surface area (TPSA) is 61.4 Å². The van der Waals surface area contributed by atoms with E-state index in [-0.39, 0.29) is 29.1 Å². The number of nitrogens with zero attached hydrogens (tertiary/aromatic N) is 1. The monoisotopic (exact) mass is 401 g/mol. The van der Waals surface area contributed by atoms with Crippen molar-refractivity contribution >= 4 is 35.0 Å². The van der Waals surface area contributed by atoms with Crippen molar-refractivity contribution in [2.45, 2.75) is 19.4 Å². The van der Waals surface area contributed by atoms with Gasteiger partial charge < -0.3 is 15.5 Å². The van der Waals surface area contributed by atoms with Crippen LogP contribution in [0.25, 0.3) is 0 Å². The largest absolute Gasteiger partial charge is 0.371 e. The molecule has 1 heterocycles. The molecule has 1 aliphatic rings. The molecule has 0 bridgehead atoms. The Balaban J connectivity index is 1.39. The van der Waals surface area contributed by atoms with Crippen LogP contribution in [-0.4, -0.2) is 36.4 Å². The van der Waals surface area contributed by atoms with Gasteiger partial charge in [0.15, 0.2) is 0 Å². The van der Waals surface area contributed by atoms with E-state index in [0.717, 1.165) is 18.7 Å². The molecule has 2 N–H and O–H groups in total. The molecule has 2 amide bonds. The maximum atomic E-state index is 12.9. The van der Waals surface area contributed by atoms with Gasteiger partial charge in [-0.3, -0.25) is 9.59 Å². The number of nitrogens with one attached hydrogen (secondary N) is 2. The van der Waals surface area contributed by atoms with Gasteiger partial charge in [-0.1, -0.05) is 18.2 Å². The minimum atomic E-state index is -0.352. The number of benzene rings is 2. The molecule has 1 fully saturated rings. The van der Waals surface area contributed by atoms with Crippen molar-refractivity contribution in [3.8, 4) is 0 Å². The highest BCUT2D eigenvalue weighted by molar-refractivity contribution is 8.00. The number of anilines is 2. The molecule has 3 rings (SSSR count). The summed E-state index contributed by atoms with van der Waals surface area (Å²) in [6.45, 7) is 2.60. The van der Waals surface area contributed by atoms with Gasteiger partial charge in [0.05, 0.1) is 11.5 Å². The predicted molar refractivity (Wildman–Crippen MR) is 112 cm³/mol. The first-order valence-corrected chi connectivity index (χ1v) is 10.5. The standard InChI is InChI=1S/C21H24FN3O2S/c22-17-7-9-18(10-8-17)24-21(27)15-28-14-20(26)23-13-16-5-1-2-6-19(16)25-11-3-4-12-25/h1-2,5-10H,3-4,11-15H2,(H,23,26)(H,24,27). The van der Waals surface area contributed by atoms with Crippen molar-refractivity contribution < 1.29 is 14.0 Å². The van der Waals surface area contributed by atoms with Gasteiger partial charge in [0.1, 0.15) is 5.82 Å². The summed E-state index contributed by atoms with van der Waals surface area (Å²) < 4.78 is 12.9. The summed E-state index contributed by atoms with van der Waals surface area (Å²) in [5, 5.41) is 5.61. The van der Waals surface area contributed by atoms with E-state index in [4.69, 9.17) is 0 Å². The van der Waals surface area contributed by atoms with Gasteiger partial charge in [0.25, 0.3) is 0 Å². The van der Waals surface area contributed by atoms with Crippen molar-refractivity contribution in [3.63, 3.8) is 0 Å². The van der Waals surface area contributed by atoms with Gasteiger partial charge in [-0.05, 0) is 48.7 Å². The maximum Gasteiger partial charge on any atom is 0.234 e. The lowest BCUT2D eigenvalue weighted by Gasteiger charge is -2.21. The molecule has 28 heavy (non-hydrogen) atoms. The first-order valence-electron chi connectivity index (χ1n) is 9.34. The van der Waals surface area contributed by atoms with E-state index >= 15 is 0 Å². The average Bonchev–Trinajstić information content (AvgIpc) is 3.23. The number of rotatable bonds is 8. The molecule has 0 radical (unpaired) electrons. The molecule has 0 aliphatic carbocycles. The maximum absolute atomic E-state index is 12.9. The second kappa shape index (κ2) is 10.1. The van der Waals surface area contributed by atoms with Gasteiger partial charge in [0.2, 0.25) is 11.8 Å². The van der Waals surface area contributed by atoms with E-state index in [1.807, 2.05) is 18.2 Å². The Morgan fingerprint density at radius 3 is 2.39 bits per heavy atom. The third-order valence-electron chi connectivity index (χ3n) is 4.51. The molecule has 1 saturated heterocycles. The number of para-hydroxylation sites is 1. The Hall–Kier alpha value is -2.54. The highest BCUT2D eigenvalue weighted by Crippen LogP contribution is 2.24. The van der Waals surface area contributed by atoms with Gasteiger partial charge in [-0.2, -0.15) is 0 Å². The molecular formula is C21H24FN3O2S. The third kappa shape index (κ3) is 5.99. The molecule has 2 aromatic rings. The van der Waals surface area contributed by atoms with Crippen LogP contribution in [-0.2, 0) is 16.1 Å². The smallest absolute Gasteiger partial charge is 0.234 e. The minimum absolute atomic E-state index is 0.101. The summed E-state index contributed by atoms with van der Waals surface area (Å²) in [4.78, 5) is 26.4. The van der Waals surface area contributed by atoms with Crippen LogP contribution in [0.5, 0.6) is 0 Å². The summed E-state index contributed by atoms with van der Waals surface area (Å²) in [6.07, 6.45) is 2.41. The molecule has 0 unspecified atom stereocenters. The first kappa shape index (κ1) is 20.2. The molecule has 0 atom stereocenters. The number of hydrogen-bond donors (Lipinski definition) is 2. The lowest BCUT2D eigenvalue weighted by Crippen LogP contribution is -2.27. The quantitative estimate of drug-likeness (QED) is 0.712. The Morgan fingerprint density at radius 1 is 0.964 bits per heavy atom. The highest BCUT2D eigenvalue weighted by atomic mass is 32.2. The predicted octanol–water partition coefficient (Wildman–Crippen LogP) is 3.41. The molecule has 0 spiro atoms. The molecule has 0 aromatic heterocycles. The zero-order chi connectivity index (χ0) is 19.8. The van der Waals surface area contributed by atoms with Gasteiger partial charge in [0, 0.05) is 31.0 Å². The van der Waals surface area contributed by atoms with Crippen molar-refractivity contribution in [1.29, 1.82) is 0 Å². The number of amides is 2. The van der Waals surface area contributed by atoms with Crippen molar-refractivity contribution in [2.24, 2.45) is 0 Å². The Labute approximate surface area is 168 Å². The van der Waals surface area contributed by atoms with Crippen LogP contribution in [0.3, 0.4) is 0 Å². The minimum Gasteiger partial charge on any atom is -0.371 e. The van der Waals surface area contributed by atoms with E-state index in [0.29, 0.717) is 12.2 Å². The molecule has 148 valence electrons. The normalized spacial score (nSPS) is 13.4. The average molecular weight is 402 g/mol. The second-order valence-corrected chi connectivity index (χ2v) is 7.63. The zero-order valence-electron chi connectivity index (χ0n) is 15.6. The number of thioether (sulfide) groups is 1. The van der Waals surface area contributed by atoms with Gasteiger partial charge >= 0.3 is 0 Å². The highest BCUT2D eigenvalue weighted by Gasteiger charge is 2.15. The molecule has 2 aromatic carbocycles. The van der Waals surface area contributed by atoms with E-state index in [1.54, 1.807) is 0 Å². The molecule has 7 heteroatoms. The number of hydrogen-bond acceptors (Lipinski definition) is 4. The van der Waals surface area contributed by atoms with Crippen molar-refractivity contribution in [2.75, 3.05) is 34.8 Å². The summed E-state index contributed by atoms with van der Waals surface area (Å²) in [5.74, 6) is -0.298. The zero-order valence-corrected chi connectivity index (χ0v) is 16.4. The fourth-order valence-electron chi connectivity index (χ4n) is 3.14. The molecule has 1 aliphatic heterocycles. The van der Waals surface area contributed by atoms with Crippen LogP contribution in [0.2, 0.25) is 0 Å². The van der Waals surface area contributed by atoms with E-state index in [9.17, 15) is 14.0 Å². The fourth-order valence-corrected chi connectivity index (χ4v) is 3.79. The lowest BCUT2D eigenvalue weighted by molar-refractivity contribution is -0.118. The third-order valence-corrected chi connectivity index (χ3v) is 5.44. The lowest BCUT2D eigenvalue weighted by atomic mass is 10.1. The van der Waals surface area contributed by atoms with Gasteiger partial charge in [-0.15, -0.1) is 11.8 Å². The van der Waals surface area contributed by atoms with E-state index < -0.39 is 0 Å². The van der Waals surface area contributed by atoms with Crippen LogP contribution in [0.15, 0.2) is 48.5 Å². The van der Waals surface area contributed by atoms with Crippen LogP contribution in [0, 0.1) is 5.82 Å². The van der Waals surface area contributed by atoms with Crippen LogP contribution in [0.1, 0.15) is 18.4 Å². The Bertz CT molecular complexity index is 808. The van der Waals surface area contributed by atoms with Crippen LogP contribution >= 0.6 is 11.8 Å². The van der Waals surface area contributed by atoms with Crippen molar-refractivity contribution in [3.05, 3.63) is 59.9 Å². The van der Waals surface area contributed by atoms with E-state index in [2.05, 4.69) is 21.6 Å². The summed E-state index contributed by atoms with van der Waals surface area (Å²) in [5.41, 5.74) is 2.83. The SMILES string of the molecule is O=C(CSCC(=O)Nc1ccc(F)cc1)NCc1ccccc1N1CCCC1. The Morgan fingerprint density at radius 2 is 1.64 bits per heavy atom. The Kier molecular flexibility index (Phi) is 7.31. The molecule has 0 saturated carbocycles. The van der Waals surface area contributed by atoms with Gasteiger partial charge in [-0.25, -0.2) is 4.39 Å². The number of halogens is 1. The van der Waals surface area contributed by atoms with Crippen molar-refractivity contribution in [1.82, 2.24) is 5.32 Å². The fraction of sp³-hybridized carbons (Fsp3) is 0.333. The van der Waals surface area contributed by atoms with Crippen LogP contribution < -0.4 is 15.5 Å². The summed E-state index contributed by atoms with van der Waals surface area (Å²) >= 11 is 1.25. The molecular weight excluding hydrogens is 377 g/mol.